The predicted molar refractivity (Wildman–Crippen MR) is 118 cm³/mol. The maximum Gasteiger partial charge on any atom is 0.231 e. The molecule has 3 aromatic rings. The number of para-hydroxylation sites is 1. The molecule has 29 heavy (non-hydrogen) atoms. The summed E-state index contributed by atoms with van der Waals surface area (Å²) in [6.45, 7) is 3.93. The number of hydrogen-bond donors (Lipinski definition) is 2. The maximum atomic E-state index is 5.24. The van der Waals surface area contributed by atoms with Gasteiger partial charge in [0, 0.05) is 43.6 Å². The second-order valence-electron chi connectivity index (χ2n) is 7.07. The van der Waals surface area contributed by atoms with Gasteiger partial charge in [-0.3, -0.25) is 0 Å². The molecule has 2 aromatic carbocycles. The van der Waals surface area contributed by atoms with E-state index in [9.17, 15) is 0 Å². The third kappa shape index (κ3) is 4.94. The summed E-state index contributed by atoms with van der Waals surface area (Å²) in [5.41, 5.74) is 1.90. The molecular weight excluding hydrogens is 364 g/mol. The van der Waals surface area contributed by atoms with Crippen LogP contribution in [0.2, 0.25) is 0 Å². The molecule has 0 atom stereocenters. The fourth-order valence-electron chi connectivity index (χ4n) is 3.22. The van der Waals surface area contributed by atoms with Gasteiger partial charge in [-0.25, -0.2) is 0 Å². The minimum absolute atomic E-state index is 0.573. The lowest BCUT2D eigenvalue weighted by Gasteiger charge is -2.33. The summed E-state index contributed by atoms with van der Waals surface area (Å²) < 4.78 is 5.24. The van der Waals surface area contributed by atoms with Crippen LogP contribution in [0, 0.1) is 0 Å². The van der Waals surface area contributed by atoms with Crippen LogP contribution in [-0.2, 0) is 0 Å². The van der Waals surface area contributed by atoms with Crippen LogP contribution >= 0.6 is 0 Å². The second kappa shape index (κ2) is 8.79. The molecule has 0 aliphatic carbocycles. The Labute approximate surface area is 171 Å². The first-order valence-corrected chi connectivity index (χ1v) is 9.75. The van der Waals surface area contributed by atoms with Crippen LogP contribution in [0.25, 0.3) is 0 Å². The Bertz CT molecular complexity index is 924. The van der Waals surface area contributed by atoms with E-state index in [1.54, 1.807) is 7.11 Å². The molecule has 0 spiro atoms. The Morgan fingerprint density at radius 1 is 0.828 bits per heavy atom. The van der Waals surface area contributed by atoms with Gasteiger partial charge in [0.25, 0.3) is 0 Å². The Morgan fingerprint density at radius 2 is 1.52 bits per heavy atom. The van der Waals surface area contributed by atoms with Gasteiger partial charge in [-0.15, -0.1) is 0 Å². The number of piperazine rings is 1. The van der Waals surface area contributed by atoms with Gasteiger partial charge in [0.2, 0.25) is 5.95 Å². The molecule has 4 rings (SSSR count). The average molecular weight is 390 g/mol. The first kappa shape index (κ1) is 19.0. The lowest BCUT2D eigenvalue weighted by Crippen LogP contribution is -2.44. The van der Waals surface area contributed by atoms with Gasteiger partial charge in [0.15, 0.2) is 0 Å². The molecule has 150 valence electrons. The molecular formula is C22H26N6O. The molecule has 0 bridgehead atoms. The summed E-state index contributed by atoms with van der Waals surface area (Å²) in [4.78, 5) is 14.1. The number of hydrogen-bond acceptors (Lipinski definition) is 7. The number of nitrogens with one attached hydrogen (secondary N) is 2. The van der Waals surface area contributed by atoms with Gasteiger partial charge < -0.3 is 25.2 Å². The van der Waals surface area contributed by atoms with Crippen LogP contribution in [0.1, 0.15) is 0 Å². The van der Waals surface area contributed by atoms with Crippen molar-refractivity contribution in [2.45, 2.75) is 0 Å². The largest absolute Gasteiger partial charge is 0.497 e. The van der Waals surface area contributed by atoms with Gasteiger partial charge in [0.05, 0.1) is 7.11 Å². The highest BCUT2D eigenvalue weighted by molar-refractivity contribution is 5.64. The molecule has 0 saturated carbocycles. The van der Waals surface area contributed by atoms with Crippen molar-refractivity contribution in [2.24, 2.45) is 0 Å². The van der Waals surface area contributed by atoms with Crippen molar-refractivity contribution in [2.75, 3.05) is 55.9 Å². The third-order valence-electron chi connectivity index (χ3n) is 4.93. The van der Waals surface area contributed by atoms with E-state index >= 15 is 0 Å². The summed E-state index contributed by atoms with van der Waals surface area (Å²) in [5, 5.41) is 6.70. The Kier molecular flexibility index (Phi) is 5.76. The molecule has 7 heteroatoms. The lowest BCUT2D eigenvalue weighted by atomic mass is 10.3. The fraction of sp³-hybridized carbons (Fsp3) is 0.273. The number of benzene rings is 2. The Hall–Kier alpha value is -3.32. The van der Waals surface area contributed by atoms with Crippen LogP contribution < -0.4 is 20.3 Å². The first-order chi connectivity index (χ1) is 14.2. The first-order valence-electron chi connectivity index (χ1n) is 9.75. The quantitative estimate of drug-likeness (QED) is 0.665. The highest BCUT2D eigenvalue weighted by Gasteiger charge is 2.17. The summed E-state index contributed by atoms with van der Waals surface area (Å²) >= 11 is 0. The van der Waals surface area contributed by atoms with Gasteiger partial charge in [-0.1, -0.05) is 18.2 Å². The zero-order valence-electron chi connectivity index (χ0n) is 16.8. The number of nitrogens with zero attached hydrogens (tertiary/aromatic N) is 4. The van der Waals surface area contributed by atoms with Crippen LogP contribution in [-0.4, -0.2) is 55.2 Å². The highest BCUT2D eigenvalue weighted by Crippen LogP contribution is 2.25. The minimum Gasteiger partial charge on any atom is -0.497 e. The SMILES string of the molecule is COc1ccc(Nc2cc(N3CCN(C)CC3)nc(Nc3ccccc3)n2)cc1. The van der Waals surface area contributed by atoms with E-state index in [-0.39, 0.29) is 0 Å². The number of rotatable bonds is 6. The van der Waals surface area contributed by atoms with Gasteiger partial charge in [-0.2, -0.15) is 9.97 Å². The van der Waals surface area contributed by atoms with Crippen molar-refractivity contribution in [3.8, 4) is 5.75 Å². The van der Waals surface area contributed by atoms with Crippen LogP contribution in [0.5, 0.6) is 5.75 Å². The predicted octanol–water partition coefficient (Wildman–Crippen LogP) is 3.72. The maximum absolute atomic E-state index is 5.24. The molecule has 0 amide bonds. The number of likely N-dealkylation sites (N-methyl/N-ethyl adjacent to an activating group) is 1. The highest BCUT2D eigenvalue weighted by atomic mass is 16.5. The van der Waals surface area contributed by atoms with E-state index in [0.717, 1.165) is 54.9 Å². The molecule has 2 N–H and O–H groups in total. The van der Waals surface area contributed by atoms with Gasteiger partial charge in [0.1, 0.15) is 17.4 Å². The smallest absolute Gasteiger partial charge is 0.231 e. The molecule has 0 radical (unpaired) electrons. The summed E-state index contributed by atoms with van der Waals surface area (Å²) in [7, 11) is 3.81. The average Bonchev–Trinajstić information content (AvgIpc) is 2.75. The van der Waals surface area contributed by atoms with Gasteiger partial charge >= 0.3 is 0 Å². The van der Waals surface area contributed by atoms with E-state index < -0.39 is 0 Å². The van der Waals surface area contributed by atoms with Crippen LogP contribution in [0.4, 0.5) is 29.0 Å². The summed E-state index contributed by atoms with van der Waals surface area (Å²) in [6, 6.07) is 19.8. The van der Waals surface area contributed by atoms with E-state index in [2.05, 4.69) is 32.5 Å². The van der Waals surface area contributed by atoms with Crippen molar-refractivity contribution < 1.29 is 4.74 Å². The summed E-state index contributed by atoms with van der Waals surface area (Å²) in [6.07, 6.45) is 0. The standard InChI is InChI=1S/C22H26N6O/c1-27-12-14-28(15-13-27)21-16-20(23-18-8-10-19(29-2)11-9-18)25-22(26-21)24-17-6-4-3-5-7-17/h3-11,16H,12-15H2,1-2H3,(H2,23,24,25,26). The van der Waals surface area contributed by atoms with Crippen molar-refractivity contribution in [1.29, 1.82) is 0 Å². The minimum atomic E-state index is 0.573. The van der Waals surface area contributed by atoms with E-state index in [1.807, 2.05) is 60.7 Å². The van der Waals surface area contributed by atoms with Crippen molar-refractivity contribution >= 4 is 29.0 Å². The monoisotopic (exact) mass is 390 g/mol. The van der Waals surface area contributed by atoms with E-state index in [0.29, 0.717) is 5.95 Å². The molecule has 2 heterocycles. The normalized spacial score (nSPS) is 14.5. The van der Waals surface area contributed by atoms with Crippen molar-refractivity contribution in [3.05, 3.63) is 60.7 Å². The van der Waals surface area contributed by atoms with E-state index in [4.69, 9.17) is 9.72 Å². The zero-order chi connectivity index (χ0) is 20.1. The van der Waals surface area contributed by atoms with Crippen molar-refractivity contribution in [1.82, 2.24) is 14.9 Å². The molecule has 1 saturated heterocycles. The van der Waals surface area contributed by atoms with Crippen molar-refractivity contribution in [3.63, 3.8) is 0 Å². The topological polar surface area (TPSA) is 65.6 Å². The summed E-state index contributed by atoms with van der Waals surface area (Å²) in [5.74, 6) is 3.06. The lowest BCUT2D eigenvalue weighted by molar-refractivity contribution is 0.312. The molecule has 7 nitrogen and oxygen atoms in total. The number of methoxy groups -OCH3 is 1. The van der Waals surface area contributed by atoms with Crippen LogP contribution in [0.15, 0.2) is 60.7 Å². The Morgan fingerprint density at radius 3 is 2.21 bits per heavy atom. The number of aromatic nitrogens is 2. The number of anilines is 5. The molecule has 1 aliphatic rings. The second-order valence-corrected chi connectivity index (χ2v) is 7.07. The number of ether oxygens (including phenoxy) is 1. The molecule has 1 aromatic heterocycles. The fourth-order valence-corrected chi connectivity index (χ4v) is 3.22. The van der Waals surface area contributed by atoms with Gasteiger partial charge in [-0.05, 0) is 43.4 Å². The molecule has 1 fully saturated rings. The third-order valence-corrected chi connectivity index (χ3v) is 4.93. The van der Waals surface area contributed by atoms with Crippen LogP contribution in [0.3, 0.4) is 0 Å². The van der Waals surface area contributed by atoms with E-state index in [1.165, 1.54) is 0 Å². The molecule has 0 unspecified atom stereocenters. The Balaban J connectivity index is 1.61. The zero-order valence-corrected chi connectivity index (χ0v) is 16.8. The molecule has 1 aliphatic heterocycles.